The third-order valence-electron chi connectivity index (χ3n) is 2.21. The number of carbonyl (C=O) groups excluding carboxylic acids is 1. The standard InChI is InChI=1S/C10H9BrN2O3S/c1-3-16-10(15)7-12-8(14)5-4(2)6(11)17-9(5)13-7/h3H2,1-2H3,(H,12,13,14). The highest BCUT2D eigenvalue weighted by atomic mass is 79.9. The van der Waals surface area contributed by atoms with Gasteiger partial charge in [0.25, 0.3) is 5.56 Å². The van der Waals surface area contributed by atoms with Crippen LogP contribution in [0.2, 0.25) is 0 Å². The van der Waals surface area contributed by atoms with E-state index in [1.165, 1.54) is 11.3 Å². The Balaban J connectivity index is 2.64. The minimum Gasteiger partial charge on any atom is -0.460 e. The van der Waals surface area contributed by atoms with Crippen LogP contribution in [-0.4, -0.2) is 22.5 Å². The van der Waals surface area contributed by atoms with Crippen LogP contribution in [0.25, 0.3) is 10.2 Å². The first-order valence-corrected chi connectivity index (χ1v) is 6.51. The number of fused-ring (bicyclic) bond motifs is 1. The fraction of sp³-hybridized carbons (Fsp3) is 0.300. The molecule has 0 saturated heterocycles. The normalized spacial score (nSPS) is 10.8. The van der Waals surface area contributed by atoms with Gasteiger partial charge in [-0.3, -0.25) is 4.79 Å². The first-order chi connectivity index (χ1) is 8.04. The summed E-state index contributed by atoms with van der Waals surface area (Å²) >= 11 is 4.66. The summed E-state index contributed by atoms with van der Waals surface area (Å²) in [6, 6.07) is 0. The van der Waals surface area contributed by atoms with E-state index in [4.69, 9.17) is 4.74 Å². The predicted molar refractivity (Wildman–Crippen MR) is 68.6 cm³/mol. The Morgan fingerprint density at radius 1 is 1.59 bits per heavy atom. The lowest BCUT2D eigenvalue weighted by Crippen LogP contribution is -2.17. The lowest BCUT2D eigenvalue weighted by molar-refractivity contribution is 0.0512. The maximum absolute atomic E-state index is 11.8. The molecule has 5 nitrogen and oxygen atoms in total. The van der Waals surface area contributed by atoms with Gasteiger partial charge in [-0.15, -0.1) is 11.3 Å². The third kappa shape index (κ3) is 2.12. The van der Waals surface area contributed by atoms with E-state index in [-0.39, 0.29) is 18.0 Å². The first-order valence-electron chi connectivity index (χ1n) is 4.90. The summed E-state index contributed by atoms with van der Waals surface area (Å²) in [4.78, 5) is 30.4. The van der Waals surface area contributed by atoms with Crippen molar-refractivity contribution in [2.24, 2.45) is 0 Å². The van der Waals surface area contributed by atoms with Crippen molar-refractivity contribution >= 4 is 43.5 Å². The molecule has 7 heteroatoms. The summed E-state index contributed by atoms with van der Waals surface area (Å²) in [6.07, 6.45) is 0. The van der Waals surface area contributed by atoms with Crippen molar-refractivity contribution < 1.29 is 9.53 Å². The number of nitrogens with one attached hydrogen (secondary N) is 1. The van der Waals surface area contributed by atoms with Gasteiger partial charge in [-0.25, -0.2) is 9.78 Å². The van der Waals surface area contributed by atoms with Crippen molar-refractivity contribution in [2.75, 3.05) is 6.61 Å². The Bertz CT molecular complexity index is 647. The van der Waals surface area contributed by atoms with Crippen molar-refractivity contribution in [1.29, 1.82) is 0 Å². The molecule has 0 aliphatic carbocycles. The number of rotatable bonds is 2. The number of hydrogen-bond acceptors (Lipinski definition) is 5. The van der Waals surface area contributed by atoms with Crippen molar-refractivity contribution in [3.05, 3.63) is 25.5 Å². The van der Waals surface area contributed by atoms with Crippen LogP contribution in [0.15, 0.2) is 8.58 Å². The molecule has 0 spiro atoms. The molecular weight excluding hydrogens is 308 g/mol. The minimum absolute atomic E-state index is 0.0573. The summed E-state index contributed by atoms with van der Waals surface area (Å²) < 4.78 is 5.63. The lowest BCUT2D eigenvalue weighted by atomic mass is 10.3. The number of carbonyl (C=O) groups is 1. The number of H-pyrrole nitrogens is 1. The van der Waals surface area contributed by atoms with Gasteiger partial charge < -0.3 is 9.72 Å². The quantitative estimate of drug-likeness (QED) is 0.862. The summed E-state index contributed by atoms with van der Waals surface area (Å²) in [7, 11) is 0. The fourth-order valence-electron chi connectivity index (χ4n) is 1.41. The molecule has 0 fully saturated rings. The van der Waals surface area contributed by atoms with Gasteiger partial charge in [0.2, 0.25) is 5.82 Å². The Labute approximate surface area is 109 Å². The SMILES string of the molecule is CCOC(=O)c1nc2sc(Br)c(C)c2c(=O)[nH]1. The second-order valence-electron chi connectivity index (χ2n) is 3.32. The van der Waals surface area contributed by atoms with Crippen LogP contribution in [0.3, 0.4) is 0 Å². The van der Waals surface area contributed by atoms with Crippen LogP contribution < -0.4 is 5.56 Å². The molecule has 0 saturated carbocycles. The van der Waals surface area contributed by atoms with Crippen LogP contribution >= 0.6 is 27.3 Å². The van der Waals surface area contributed by atoms with Gasteiger partial charge in [-0.1, -0.05) is 0 Å². The number of halogens is 1. The Morgan fingerprint density at radius 3 is 2.94 bits per heavy atom. The molecule has 0 aliphatic rings. The first kappa shape index (κ1) is 12.3. The van der Waals surface area contributed by atoms with E-state index in [9.17, 15) is 9.59 Å². The van der Waals surface area contributed by atoms with Crippen molar-refractivity contribution in [3.63, 3.8) is 0 Å². The van der Waals surface area contributed by atoms with Crippen LogP contribution in [0.4, 0.5) is 0 Å². The van der Waals surface area contributed by atoms with E-state index in [0.717, 1.165) is 9.35 Å². The van der Waals surface area contributed by atoms with E-state index >= 15 is 0 Å². The molecular formula is C10H9BrN2O3S. The van der Waals surface area contributed by atoms with Gasteiger partial charge in [0.1, 0.15) is 4.83 Å². The molecule has 0 atom stereocenters. The van der Waals surface area contributed by atoms with Crippen molar-refractivity contribution in [2.45, 2.75) is 13.8 Å². The van der Waals surface area contributed by atoms with E-state index in [1.54, 1.807) is 6.92 Å². The van der Waals surface area contributed by atoms with Crippen LogP contribution in [0.1, 0.15) is 23.1 Å². The number of hydrogen-bond donors (Lipinski definition) is 1. The number of aromatic nitrogens is 2. The highest BCUT2D eigenvalue weighted by Gasteiger charge is 2.16. The molecule has 0 aliphatic heterocycles. The molecule has 0 amide bonds. The summed E-state index contributed by atoms with van der Waals surface area (Å²) in [5.74, 6) is -0.674. The molecule has 0 radical (unpaired) electrons. The monoisotopic (exact) mass is 316 g/mol. The molecule has 2 heterocycles. The van der Waals surface area contributed by atoms with Crippen molar-refractivity contribution in [1.82, 2.24) is 9.97 Å². The molecule has 90 valence electrons. The highest BCUT2D eigenvalue weighted by Crippen LogP contribution is 2.31. The average molecular weight is 317 g/mol. The topological polar surface area (TPSA) is 72.0 Å². The van der Waals surface area contributed by atoms with Gasteiger partial charge in [0, 0.05) is 0 Å². The molecule has 0 unspecified atom stereocenters. The zero-order valence-electron chi connectivity index (χ0n) is 9.17. The van der Waals surface area contributed by atoms with Gasteiger partial charge in [0.05, 0.1) is 15.8 Å². The predicted octanol–water partition coefficient (Wildman–Crippen LogP) is 2.23. The second-order valence-corrected chi connectivity index (χ2v) is 5.63. The molecule has 0 bridgehead atoms. The van der Waals surface area contributed by atoms with Gasteiger partial charge in [-0.05, 0) is 35.3 Å². The molecule has 2 aromatic rings. The fourth-order valence-corrected chi connectivity index (χ4v) is 2.98. The number of esters is 1. The summed E-state index contributed by atoms with van der Waals surface area (Å²) in [5.41, 5.74) is 0.506. The summed E-state index contributed by atoms with van der Waals surface area (Å²) in [6.45, 7) is 3.76. The zero-order valence-corrected chi connectivity index (χ0v) is 11.6. The summed E-state index contributed by atoms with van der Waals surface area (Å²) in [5, 5.41) is 0.509. The van der Waals surface area contributed by atoms with Crippen molar-refractivity contribution in [3.8, 4) is 0 Å². The largest absolute Gasteiger partial charge is 0.460 e. The smallest absolute Gasteiger partial charge is 0.374 e. The van der Waals surface area contributed by atoms with E-state index < -0.39 is 5.97 Å². The van der Waals surface area contributed by atoms with Crippen LogP contribution in [0, 0.1) is 6.92 Å². The number of aryl methyl sites for hydroxylation is 1. The number of thiophene rings is 1. The Kier molecular flexibility index (Phi) is 3.30. The molecule has 17 heavy (non-hydrogen) atoms. The average Bonchev–Trinajstić information content (AvgIpc) is 2.55. The van der Waals surface area contributed by atoms with E-state index in [2.05, 4.69) is 25.9 Å². The highest BCUT2D eigenvalue weighted by molar-refractivity contribution is 9.11. The van der Waals surface area contributed by atoms with Gasteiger partial charge in [-0.2, -0.15) is 0 Å². The molecule has 1 N–H and O–H groups in total. The minimum atomic E-state index is -0.617. The number of aromatic amines is 1. The Hall–Kier alpha value is -1.21. The van der Waals surface area contributed by atoms with Gasteiger partial charge in [0.15, 0.2) is 0 Å². The number of nitrogens with zero attached hydrogens (tertiary/aromatic N) is 1. The van der Waals surface area contributed by atoms with Crippen LogP contribution in [0.5, 0.6) is 0 Å². The maximum Gasteiger partial charge on any atom is 0.374 e. The van der Waals surface area contributed by atoms with Gasteiger partial charge >= 0.3 is 5.97 Å². The molecule has 2 rings (SSSR count). The second kappa shape index (κ2) is 4.58. The van der Waals surface area contributed by atoms with Crippen LogP contribution in [-0.2, 0) is 4.74 Å². The molecule has 2 aromatic heterocycles. The maximum atomic E-state index is 11.8. The lowest BCUT2D eigenvalue weighted by Gasteiger charge is -2.00. The zero-order chi connectivity index (χ0) is 12.6. The molecule has 0 aromatic carbocycles. The number of ether oxygens (including phenoxy) is 1. The third-order valence-corrected chi connectivity index (χ3v) is 4.27. The van der Waals surface area contributed by atoms with E-state index in [1.807, 2.05) is 6.92 Å². The van der Waals surface area contributed by atoms with E-state index in [0.29, 0.717) is 10.2 Å². The Morgan fingerprint density at radius 2 is 2.29 bits per heavy atom.